The fourth-order valence-corrected chi connectivity index (χ4v) is 2.40. The predicted octanol–water partition coefficient (Wildman–Crippen LogP) is 1.56. The molecule has 1 heterocycles. The van der Waals surface area contributed by atoms with E-state index in [0.29, 0.717) is 25.3 Å². The molecule has 1 aromatic carbocycles. The number of hydrogen-bond acceptors (Lipinski definition) is 4. The van der Waals surface area contributed by atoms with Crippen LogP contribution in [-0.4, -0.2) is 54.8 Å². The summed E-state index contributed by atoms with van der Waals surface area (Å²) >= 11 is 0. The summed E-state index contributed by atoms with van der Waals surface area (Å²) in [6.07, 6.45) is 0. The first-order valence-electron chi connectivity index (χ1n) is 7.24. The quantitative estimate of drug-likeness (QED) is 0.772. The molecule has 0 bridgehead atoms. The van der Waals surface area contributed by atoms with Crippen LogP contribution in [0.5, 0.6) is 5.75 Å². The van der Waals surface area contributed by atoms with Gasteiger partial charge in [0.2, 0.25) is 5.91 Å². The largest absolute Gasteiger partial charge is 0.494 e. The van der Waals surface area contributed by atoms with Gasteiger partial charge in [-0.25, -0.2) is 0 Å². The maximum atomic E-state index is 11.8. The van der Waals surface area contributed by atoms with Crippen LogP contribution in [0.15, 0.2) is 18.2 Å². The van der Waals surface area contributed by atoms with Gasteiger partial charge < -0.3 is 9.64 Å². The number of Topliss-reactive ketones (excluding diaryl/α,β-unsaturated/α-hetero) is 1. The highest BCUT2D eigenvalue weighted by Gasteiger charge is 2.22. The summed E-state index contributed by atoms with van der Waals surface area (Å²) in [5.41, 5.74) is 1.64. The second-order valence-corrected chi connectivity index (χ2v) is 5.34. The minimum Gasteiger partial charge on any atom is -0.494 e. The van der Waals surface area contributed by atoms with Gasteiger partial charge in [-0.3, -0.25) is 14.5 Å². The molecule has 114 valence electrons. The first kappa shape index (κ1) is 15.5. The zero-order valence-corrected chi connectivity index (χ0v) is 12.9. The number of benzene rings is 1. The number of piperazine rings is 1. The number of amides is 1. The second kappa shape index (κ2) is 6.72. The zero-order chi connectivity index (χ0) is 15.4. The molecule has 5 heteroatoms. The summed E-state index contributed by atoms with van der Waals surface area (Å²) in [7, 11) is 1.82. The lowest BCUT2D eigenvalue weighted by atomic mass is 10.1. The molecule has 1 aromatic rings. The van der Waals surface area contributed by atoms with Crippen LogP contribution in [0.3, 0.4) is 0 Å². The van der Waals surface area contributed by atoms with Crippen molar-refractivity contribution in [2.45, 2.75) is 20.4 Å². The number of carbonyl (C=O) groups excluding carboxylic acids is 2. The molecule has 0 spiro atoms. The van der Waals surface area contributed by atoms with E-state index >= 15 is 0 Å². The maximum Gasteiger partial charge on any atom is 0.236 e. The Labute approximate surface area is 125 Å². The fourth-order valence-electron chi connectivity index (χ4n) is 2.40. The van der Waals surface area contributed by atoms with Crippen molar-refractivity contribution < 1.29 is 14.3 Å². The molecule has 0 radical (unpaired) electrons. The van der Waals surface area contributed by atoms with Crippen LogP contribution in [0, 0.1) is 0 Å². The van der Waals surface area contributed by atoms with Gasteiger partial charge in [0.25, 0.3) is 0 Å². The third-order valence-electron chi connectivity index (χ3n) is 3.70. The number of ketones is 1. The zero-order valence-electron chi connectivity index (χ0n) is 12.9. The molecule has 21 heavy (non-hydrogen) atoms. The van der Waals surface area contributed by atoms with Gasteiger partial charge in [0.1, 0.15) is 5.75 Å². The maximum absolute atomic E-state index is 11.8. The van der Waals surface area contributed by atoms with Crippen molar-refractivity contribution in [1.82, 2.24) is 9.80 Å². The first-order chi connectivity index (χ1) is 10.0. The lowest BCUT2D eigenvalue weighted by Crippen LogP contribution is -2.48. The first-order valence-corrected chi connectivity index (χ1v) is 7.24. The Morgan fingerprint density at radius 1 is 1.33 bits per heavy atom. The average Bonchev–Trinajstić information content (AvgIpc) is 2.45. The van der Waals surface area contributed by atoms with Crippen LogP contribution in [0.25, 0.3) is 0 Å². The van der Waals surface area contributed by atoms with Crippen LogP contribution in [0.2, 0.25) is 0 Å². The Morgan fingerprint density at radius 3 is 2.71 bits per heavy atom. The summed E-state index contributed by atoms with van der Waals surface area (Å²) in [5.74, 6) is 0.949. The minimum absolute atomic E-state index is 0.0359. The van der Waals surface area contributed by atoms with E-state index in [-0.39, 0.29) is 11.7 Å². The number of rotatable bonds is 5. The number of nitrogens with zero attached hydrogens (tertiary/aromatic N) is 2. The Balaban J connectivity index is 2.18. The number of hydrogen-bond donors (Lipinski definition) is 0. The van der Waals surface area contributed by atoms with Crippen LogP contribution < -0.4 is 4.74 Å². The standard InChI is InChI=1S/C16H22N2O3/c1-4-21-15-6-5-13(12(2)19)9-14(15)10-18-8-7-17(3)16(20)11-18/h5-6,9H,4,7-8,10-11H2,1-3H3. The normalized spacial score (nSPS) is 16.1. The van der Waals surface area contributed by atoms with E-state index in [4.69, 9.17) is 4.74 Å². The SMILES string of the molecule is CCOc1ccc(C(C)=O)cc1CN1CCN(C)C(=O)C1. The van der Waals surface area contributed by atoms with Crippen molar-refractivity contribution >= 4 is 11.7 Å². The minimum atomic E-state index is 0.0359. The Morgan fingerprint density at radius 2 is 2.10 bits per heavy atom. The molecule has 0 aliphatic carbocycles. The van der Waals surface area contributed by atoms with Crippen molar-refractivity contribution in [3.05, 3.63) is 29.3 Å². The summed E-state index contributed by atoms with van der Waals surface area (Å²) in [4.78, 5) is 27.1. The van der Waals surface area contributed by atoms with Crippen LogP contribution in [0.4, 0.5) is 0 Å². The van der Waals surface area contributed by atoms with Crippen LogP contribution in [0.1, 0.15) is 29.8 Å². The highest BCUT2D eigenvalue weighted by atomic mass is 16.5. The van der Waals surface area contributed by atoms with Crippen molar-refractivity contribution in [1.29, 1.82) is 0 Å². The molecule has 1 aliphatic rings. The molecule has 1 saturated heterocycles. The van der Waals surface area contributed by atoms with Crippen LogP contribution >= 0.6 is 0 Å². The van der Waals surface area contributed by atoms with E-state index in [0.717, 1.165) is 24.4 Å². The molecule has 1 amide bonds. The van der Waals surface area contributed by atoms with Crippen molar-refractivity contribution in [2.75, 3.05) is 33.3 Å². The highest BCUT2D eigenvalue weighted by Crippen LogP contribution is 2.23. The van der Waals surface area contributed by atoms with Crippen molar-refractivity contribution in [3.63, 3.8) is 0 Å². The van der Waals surface area contributed by atoms with Crippen LogP contribution in [-0.2, 0) is 11.3 Å². The van der Waals surface area contributed by atoms with Gasteiger partial charge in [0.05, 0.1) is 13.2 Å². The van der Waals surface area contributed by atoms with E-state index in [9.17, 15) is 9.59 Å². The molecule has 0 aromatic heterocycles. The van der Waals surface area contributed by atoms with E-state index < -0.39 is 0 Å². The molecular weight excluding hydrogens is 268 g/mol. The van der Waals surface area contributed by atoms with Gasteiger partial charge in [-0.1, -0.05) is 0 Å². The Bertz CT molecular complexity index is 542. The van der Waals surface area contributed by atoms with Gasteiger partial charge in [-0.2, -0.15) is 0 Å². The number of carbonyl (C=O) groups is 2. The molecule has 5 nitrogen and oxygen atoms in total. The second-order valence-electron chi connectivity index (χ2n) is 5.34. The lowest BCUT2D eigenvalue weighted by molar-refractivity contribution is -0.134. The summed E-state index contributed by atoms with van der Waals surface area (Å²) < 4.78 is 5.63. The summed E-state index contributed by atoms with van der Waals surface area (Å²) in [6, 6.07) is 5.50. The van der Waals surface area contributed by atoms with Gasteiger partial charge >= 0.3 is 0 Å². The molecular formula is C16H22N2O3. The van der Waals surface area contributed by atoms with Gasteiger partial charge in [-0.05, 0) is 32.0 Å². The third kappa shape index (κ3) is 3.82. The molecule has 0 N–H and O–H groups in total. The van der Waals surface area contributed by atoms with Crippen molar-refractivity contribution in [2.24, 2.45) is 0 Å². The number of likely N-dealkylation sites (N-methyl/N-ethyl adjacent to an activating group) is 1. The van der Waals surface area contributed by atoms with E-state index in [2.05, 4.69) is 4.90 Å². The van der Waals surface area contributed by atoms with E-state index in [1.54, 1.807) is 17.9 Å². The molecule has 0 atom stereocenters. The third-order valence-corrected chi connectivity index (χ3v) is 3.70. The van der Waals surface area contributed by atoms with Gasteiger partial charge in [0.15, 0.2) is 5.78 Å². The topological polar surface area (TPSA) is 49.9 Å². The smallest absolute Gasteiger partial charge is 0.236 e. The lowest BCUT2D eigenvalue weighted by Gasteiger charge is -2.32. The number of ether oxygens (including phenoxy) is 1. The molecule has 1 fully saturated rings. The van der Waals surface area contributed by atoms with Crippen molar-refractivity contribution in [3.8, 4) is 5.75 Å². The summed E-state index contributed by atoms with van der Waals surface area (Å²) in [5, 5.41) is 0. The highest BCUT2D eigenvalue weighted by molar-refractivity contribution is 5.94. The van der Waals surface area contributed by atoms with E-state index in [1.807, 2.05) is 26.1 Å². The van der Waals surface area contributed by atoms with Gasteiger partial charge in [0, 0.05) is 37.8 Å². The Hall–Kier alpha value is -1.88. The van der Waals surface area contributed by atoms with Gasteiger partial charge in [-0.15, -0.1) is 0 Å². The Kier molecular flexibility index (Phi) is 4.96. The predicted molar refractivity (Wildman–Crippen MR) is 80.5 cm³/mol. The fraction of sp³-hybridized carbons (Fsp3) is 0.500. The summed E-state index contributed by atoms with van der Waals surface area (Å²) in [6.45, 7) is 6.66. The molecule has 1 aliphatic heterocycles. The van der Waals surface area contributed by atoms with E-state index in [1.165, 1.54) is 0 Å². The molecule has 2 rings (SSSR count). The molecule has 0 unspecified atom stereocenters. The average molecular weight is 290 g/mol. The molecule has 0 saturated carbocycles. The monoisotopic (exact) mass is 290 g/mol.